The van der Waals surface area contributed by atoms with Crippen molar-refractivity contribution in [2.24, 2.45) is 5.92 Å². The van der Waals surface area contributed by atoms with Gasteiger partial charge in [0.05, 0.1) is 38.8 Å². The van der Waals surface area contributed by atoms with Crippen LogP contribution in [-0.2, 0) is 11.8 Å². The fourth-order valence-corrected chi connectivity index (χ4v) is 8.13. The number of carbonyl (C=O) groups excluding carboxylic acids is 1. The zero-order chi connectivity index (χ0) is 26.4. The number of ether oxygens (including phenoxy) is 3. The average molecular weight is 523 g/mol. The van der Waals surface area contributed by atoms with Gasteiger partial charge in [-0.2, -0.15) is 0 Å². The number of benzene rings is 2. The molecule has 202 valence electrons. The lowest BCUT2D eigenvalue weighted by atomic mass is 9.48. The molecule has 2 bridgehead atoms. The first-order chi connectivity index (χ1) is 18.2. The quantitative estimate of drug-likeness (QED) is 0.394. The Bertz CT molecular complexity index is 1330. The summed E-state index contributed by atoms with van der Waals surface area (Å²) in [5.41, 5.74) is 0.0935. The molecule has 1 saturated heterocycles. The molecule has 9 nitrogen and oxygen atoms in total. The largest absolute Gasteiger partial charge is 0.632 e. The summed E-state index contributed by atoms with van der Waals surface area (Å²) in [4.78, 5) is 13.4. The average Bonchev–Trinajstić information content (AvgIpc) is 3.64. The van der Waals surface area contributed by atoms with Crippen LogP contribution in [0.4, 0.5) is 0 Å². The molecule has 6 atom stereocenters. The SMILES string of the molecule is COc1ccc(C(=O)N[C@@H]2CC[C@@]3(O)[C@H]4Cc5ccc(O)c6c5[C@@]3(CC[N+]4([O-])CC3CC3)[C@H]2O6)cc1OC. The molecule has 38 heavy (non-hydrogen) atoms. The van der Waals surface area contributed by atoms with Gasteiger partial charge in [0.25, 0.3) is 5.91 Å². The van der Waals surface area contributed by atoms with Gasteiger partial charge in [0, 0.05) is 29.9 Å². The van der Waals surface area contributed by atoms with Gasteiger partial charge in [0.1, 0.15) is 17.7 Å². The zero-order valence-corrected chi connectivity index (χ0v) is 21.7. The highest BCUT2D eigenvalue weighted by atomic mass is 16.6. The van der Waals surface area contributed by atoms with Gasteiger partial charge >= 0.3 is 0 Å². The Morgan fingerprint density at radius 1 is 1.16 bits per heavy atom. The highest BCUT2D eigenvalue weighted by Crippen LogP contribution is 2.66. The molecule has 5 aliphatic rings. The van der Waals surface area contributed by atoms with E-state index in [0.717, 1.165) is 24.0 Å². The number of quaternary nitrogens is 1. The number of hydroxylamine groups is 3. The minimum absolute atomic E-state index is 0.0322. The standard InChI is InChI=1S/C29H34N2O7/c1-36-21-8-6-18(13-22(21)37-2)27(33)30-19-9-10-29(34)23-14-17-5-7-20(32)25-24(17)28(29,26(19)38-25)11-12-31(23,35)15-16-3-4-16/h5-8,13,16,19,23,26,32,34H,3-4,9-12,14-15H2,1-2H3,(H,30,33)/t19-,23-,26+,28+,29-,31?/m1/s1. The van der Waals surface area contributed by atoms with Gasteiger partial charge in [-0.25, -0.2) is 0 Å². The number of hydrogen-bond acceptors (Lipinski definition) is 7. The first kappa shape index (κ1) is 24.1. The molecular formula is C29H34N2O7. The van der Waals surface area contributed by atoms with Crippen LogP contribution in [0.25, 0.3) is 0 Å². The molecule has 2 heterocycles. The summed E-state index contributed by atoms with van der Waals surface area (Å²) in [5, 5.41) is 40.8. The van der Waals surface area contributed by atoms with Gasteiger partial charge in [-0.1, -0.05) is 6.07 Å². The van der Waals surface area contributed by atoms with Crippen LogP contribution in [0.15, 0.2) is 30.3 Å². The number of aliphatic hydroxyl groups is 1. The minimum atomic E-state index is -1.27. The fraction of sp³-hybridized carbons (Fsp3) is 0.552. The van der Waals surface area contributed by atoms with Crippen molar-refractivity contribution in [1.29, 1.82) is 0 Å². The maximum Gasteiger partial charge on any atom is 0.251 e. The summed E-state index contributed by atoms with van der Waals surface area (Å²) in [6.45, 7) is 0.947. The molecule has 2 saturated carbocycles. The lowest BCUT2D eigenvalue weighted by Gasteiger charge is -2.68. The predicted molar refractivity (Wildman–Crippen MR) is 137 cm³/mol. The van der Waals surface area contributed by atoms with Crippen molar-refractivity contribution in [2.75, 3.05) is 27.3 Å². The van der Waals surface area contributed by atoms with Gasteiger partial charge in [0.2, 0.25) is 0 Å². The maximum absolute atomic E-state index is 14.3. The molecule has 3 aliphatic carbocycles. The van der Waals surface area contributed by atoms with Crippen LogP contribution in [0.2, 0.25) is 0 Å². The normalized spacial score (nSPS) is 36.2. The number of hydrogen-bond donors (Lipinski definition) is 3. The summed E-state index contributed by atoms with van der Waals surface area (Å²) >= 11 is 0. The van der Waals surface area contributed by atoms with Crippen LogP contribution >= 0.6 is 0 Å². The number of phenolic OH excluding ortho intramolecular Hbond substituents is 1. The Balaban J connectivity index is 1.27. The van der Waals surface area contributed by atoms with Crippen molar-refractivity contribution in [3.63, 3.8) is 0 Å². The maximum atomic E-state index is 14.3. The van der Waals surface area contributed by atoms with Crippen molar-refractivity contribution >= 4 is 5.91 Å². The first-order valence-corrected chi connectivity index (χ1v) is 13.6. The van der Waals surface area contributed by atoms with E-state index in [1.165, 1.54) is 7.11 Å². The number of nitrogens with one attached hydrogen (secondary N) is 1. The molecule has 3 N–H and O–H groups in total. The second-order valence-electron chi connectivity index (χ2n) is 11.8. The third kappa shape index (κ3) is 3.06. The summed E-state index contributed by atoms with van der Waals surface area (Å²) in [6, 6.07) is 7.61. The number of carbonyl (C=O) groups is 1. The van der Waals surface area contributed by atoms with Crippen LogP contribution in [0.5, 0.6) is 23.0 Å². The van der Waals surface area contributed by atoms with E-state index in [4.69, 9.17) is 14.2 Å². The van der Waals surface area contributed by atoms with Crippen molar-refractivity contribution in [1.82, 2.24) is 5.32 Å². The Morgan fingerprint density at radius 2 is 1.95 bits per heavy atom. The van der Waals surface area contributed by atoms with E-state index < -0.39 is 29.2 Å². The van der Waals surface area contributed by atoms with Crippen LogP contribution in [0.1, 0.15) is 53.6 Å². The Morgan fingerprint density at radius 3 is 2.68 bits per heavy atom. The second kappa shape index (κ2) is 8.00. The summed E-state index contributed by atoms with van der Waals surface area (Å²) in [5.74, 6) is 1.57. The van der Waals surface area contributed by atoms with Crippen LogP contribution in [0, 0.1) is 11.1 Å². The number of methoxy groups -OCH3 is 2. The third-order valence-electron chi connectivity index (χ3n) is 10.0. The molecular weight excluding hydrogens is 488 g/mol. The number of piperidine rings is 1. The van der Waals surface area contributed by atoms with Crippen LogP contribution < -0.4 is 19.5 Å². The Labute approximate surface area is 221 Å². The molecule has 1 unspecified atom stereocenters. The molecule has 2 aromatic carbocycles. The molecule has 7 rings (SSSR count). The van der Waals surface area contributed by atoms with Gasteiger partial charge < -0.3 is 39.6 Å². The van der Waals surface area contributed by atoms with E-state index in [-0.39, 0.29) is 16.3 Å². The second-order valence-corrected chi connectivity index (χ2v) is 11.8. The predicted octanol–water partition coefficient (Wildman–Crippen LogP) is 2.78. The van der Waals surface area contributed by atoms with E-state index in [2.05, 4.69) is 5.32 Å². The number of aromatic hydroxyl groups is 1. The Hall–Kier alpha value is -3.01. The molecule has 1 spiro atoms. The molecule has 3 fully saturated rings. The fourth-order valence-electron chi connectivity index (χ4n) is 8.13. The number of phenols is 1. The van der Waals surface area contributed by atoms with Crippen molar-refractivity contribution < 1.29 is 33.9 Å². The lowest BCUT2D eigenvalue weighted by molar-refractivity contribution is -0.924. The number of amides is 1. The van der Waals surface area contributed by atoms with Crippen molar-refractivity contribution in [2.45, 2.75) is 67.7 Å². The van der Waals surface area contributed by atoms with E-state index in [1.54, 1.807) is 31.4 Å². The lowest BCUT2D eigenvalue weighted by Crippen LogP contribution is -2.81. The van der Waals surface area contributed by atoms with Crippen LogP contribution in [-0.4, -0.2) is 71.9 Å². The van der Waals surface area contributed by atoms with Crippen LogP contribution in [0.3, 0.4) is 0 Å². The summed E-state index contributed by atoms with van der Waals surface area (Å²) in [7, 11) is 3.06. The summed E-state index contributed by atoms with van der Waals surface area (Å²) < 4.78 is 16.8. The van der Waals surface area contributed by atoms with Gasteiger partial charge in [-0.05, 0) is 55.5 Å². The van der Waals surface area contributed by atoms with Gasteiger partial charge in [-0.15, -0.1) is 0 Å². The van der Waals surface area contributed by atoms with Gasteiger partial charge in [-0.3, -0.25) is 4.79 Å². The smallest absolute Gasteiger partial charge is 0.251 e. The van der Waals surface area contributed by atoms with E-state index in [0.29, 0.717) is 67.5 Å². The topological polar surface area (TPSA) is 120 Å². The van der Waals surface area contributed by atoms with Crippen molar-refractivity contribution in [3.05, 3.63) is 52.2 Å². The molecule has 2 aromatic rings. The molecule has 2 aliphatic heterocycles. The van der Waals surface area contributed by atoms with E-state index >= 15 is 0 Å². The number of likely N-dealkylation sites (tertiary alicyclic amines) is 1. The summed E-state index contributed by atoms with van der Waals surface area (Å²) in [6.07, 6.45) is 3.35. The number of rotatable bonds is 6. The zero-order valence-electron chi connectivity index (χ0n) is 21.7. The van der Waals surface area contributed by atoms with E-state index in [9.17, 15) is 20.2 Å². The Kier molecular flexibility index (Phi) is 5.07. The monoisotopic (exact) mass is 522 g/mol. The molecule has 0 radical (unpaired) electrons. The molecule has 9 heteroatoms. The highest BCUT2D eigenvalue weighted by Gasteiger charge is 2.76. The highest BCUT2D eigenvalue weighted by molar-refractivity contribution is 5.95. The molecule has 1 amide bonds. The third-order valence-corrected chi connectivity index (χ3v) is 10.0. The van der Waals surface area contributed by atoms with E-state index in [1.807, 2.05) is 6.07 Å². The van der Waals surface area contributed by atoms with Crippen molar-refractivity contribution in [3.8, 4) is 23.0 Å². The molecule has 0 aromatic heterocycles. The minimum Gasteiger partial charge on any atom is -0.632 e. The number of nitrogens with zero attached hydrogens (tertiary/aromatic N) is 1. The van der Waals surface area contributed by atoms with Gasteiger partial charge in [0.15, 0.2) is 23.0 Å². The first-order valence-electron chi connectivity index (χ1n) is 13.6.